The van der Waals surface area contributed by atoms with Gasteiger partial charge in [0.25, 0.3) is 0 Å². The lowest BCUT2D eigenvalue weighted by Gasteiger charge is -2.28. The summed E-state index contributed by atoms with van der Waals surface area (Å²) >= 11 is 0. The fraction of sp³-hybridized carbons (Fsp3) is 0. The molecule has 10 aromatic rings. The lowest BCUT2D eigenvalue weighted by atomic mass is 9.94. The summed E-state index contributed by atoms with van der Waals surface area (Å²) in [4.78, 5) is 2.39. The van der Waals surface area contributed by atoms with Gasteiger partial charge in [-0.25, -0.2) is 0 Å². The molecule has 0 unspecified atom stereocenters. The fourth-order valence-electron chi connectivity index (χ4n) is 7.93. The Morgan fingerprint density at radius 3 is 1.49 bits per heavy atom. The molecule has 0 radical (unpaired) electrons. The normalized spacial score (nSPS) is 11.4. The molecule has 0 aliphatic heterocycles. The summed E-state index contributed by atoms with van der Waals surface area (Å²) in [5.41, 5.74) is 10.5. The van der Waals surface area contributed by atoms with Gasteiger partial charge in [-0.15, -0.1) is 0 Å². The van der Waals surface area contributed by atoms with E-state index in [9.17, 15) is 0 Å². The van der Waals surface area contributed by atoms with Gasteiger partial charge in [0.15, 0.2) is 0 Å². The van der Waals surface area contributed by atoms with Crippen molar-refractivity contribution in [3.8, 4) is 33.4 Å². The molecule has 1 heteroatoms. The minimum Gasteiger partial charge on any atom is -0.310 e. The van der Waals surface area contributed by atoms with E-state index < -0.39 is 0 Å². The second kappa shape index (κ2) is 13.0. The average Bonchev–Trinajstić information content (AvgIpc) is 3.24. The van der Waals surface area contributed by atoms with Crippen LogP contribution in [0.25, 0.3) is 76.5 Å². The van der Waals surface area contributed by atoms with Gasteiger partial charge in [0.05, 0.1) is 5.69 Å². The SMILES string of the molecule is c1ccc(-c2ccc(N(c3ccc(-c4ccc5ccc6c7ccccc7ccc6c5c4)cc3)c3ccccc3-c3ccc4ccccc4c3)cc2)cc1. The highest BCUT2D eigenvalue weighted by Crippen LogP contribution is 2.43. The highest BCUT2D eigenvalue weighted by atomic mass is 15.1. The molecule has 0 aliphatic carbocycles. The van der Waals surface area contributed by atoms with Gasteiger partial charge in [-0.3, -0.25) is 0 Å². The number of fused-ring (bicyclic) bond motifs is 6. The summed E-state index contributed by atoms with van der Waals surface area (Å²) in [6.07, 6.45) is 0. The predicted octanol–water partition coefficient (Wildman–Crippen LogP) is 14.8. The maximum atomic E-state index is 2.39. The van der Waals surface area contributed by atoms with Crippen LogP contribution in [0.3, 0.4) is 0 Å². The topological polar surface area (TPSA) is 3.24 Å². The maximum Gasteiger partial charge on any atom is 0.0540 e. The summed E-state index contributed by atoms with van der Waals surface area (Å²) in [5, 5.41) is 10.2. The van der Waals surface area contributed by atoms with Crippen molar-refractivity contribution in [2.75, 3.05) is 4.90 Å². The molecule has 0 saturated carbocycles. The average molecular weight is 674 g/mol. The van der Waals surface area contributed by atoms with Crippen LogP contribution in [0.4, 0.5) is 17.1 Å². The minimum atomic E-state index is 1.10. The van der Waals surface area contributed by atoms with Crippen LogP contribution in [0.15, 0.2) is 212 Å². The molecule has 0 aliphatic rings. The monoisotopic (exact) mass is 673 g/mol. The van der Waals surface area contributed by atoms with Crippen LogP contribution in [0.2, 0.25) is 0 Å². The van der Waals surface area contributed by atoms with Crippen molar-refractivity contribution in [1.29, 1.82) is 0 Å². The summed E-state index contributed by atoms with van der Waals surface area (Å²) in [5.74, 6) is 0. The van der Waals surface area contributed by atoms with Crippen molar-refractivity contribution in [3.63, 3.8) is 0 Å². The number of nitrogens with zero attached hydrogens (tertiary/aromatic N) is 1. The molecule has 0 amide bonds. The van der Waals surface area contributed by atoms with Crippen LogP contribution in [0.5, 0.6) is 0 Å². The quantitative estimate of drug-likeness (QED) is 0.159. The Balaban J connectivity index is 1.08. The number of benzene rings is 10. The number of hydrogen-bond acceptors (Lipinski definition) is 1. The van der Waals surface area contributed by atoms with Gasteiger partial charge in [0.2, 0.25) is 0 Å². The lowest BCUT2D eigenvalue weighted by molar-refractivity contribution is 1.28. The third-order valence-corrected chi connectivity index (χ3v) is 10.6. The van der Waals surface area contributed by atoms with Crippen LogP contribution < -0.4 is 4.90 Å². The molecule has 0 N–H and O–H groups in total. The molecule has 1 nitrogen and oxygen atoms in total. The van der Waals surface area contributed by atoms with Gasteiger partial charge < -0.3 is 4.90 Å². The largest absolute Gasteiger partial charge is 0.310 e. The smallest absolute Gasteiger partial charge is 0.0540 e. The second-order valence-corrected chi connectivity index (χ2v) is 13.8. The molecule has 10 rings (SSSR count). The number of rotatable bonds is 6. The Kier molecular flexibility index (Phi) is 7.55. The highest BCUT2D eigenvalue weighted by Gasteiger charge is 2.18. The molecule has 53 heavy (non-hydrogen) atoms. The van der Waals surface area contributed by atoms with Gasteiger partial charge >= 0.3 is 0 Å². The molecule has 0 bridgehead atoms. The van der Waals surface area contributed by atoms with E-state index in [0.717, 1.165) is 17.1 Å². The molecule has 0 aromatic heterocycles. The van der Waals surface area contributed by atoms with Gasteiger partial charge in [-0.05, 0) is 113 Å². The van der Waals surface area contributed by atoms with E-state index in [4.69, 9.17) is 0 Å². The van der Waals surface area contributed by atoms with Crippen LogP contribution in [-0.4, -0.2) is 0 Å². The highest BCUT2D eigenvalue weighted by molar-refractivity contribution is 6.17. The molecular formula is C52H35N. The lowest BCUT2D eigenvalue weighted by Crippen LogP contribution is -2.11. The predicted molar refractivity (Wildman–Crippen MR) is 227 cm³/mol. The number of hydrogen-bond donors (Lipinski definition) is 0. The van der Waals surface area contributed by atoms with Crippen molar-refractivity contribution in [2.24, 2.45) is 0 Å². The third-order valence-electron chi connectivity index (χ3n) is 10.6. The first-order chi connectivity index (χ1) is 26.3. The number of anilines is 3. The van der Waals surface area contributed by atoms with Crippen LogP contribution in [-0.2, 0) is 0 Å². The van der Waals surface area contributed by atoms with Gasteiger partial charge in [-0.2, -0.15) is 0 Å². The number of para-hydroxylation sites is 1. The molecule has 0 heterocycles. The van der Waals surface area contributed by atoms with E-state index in [0.29, 0.717) is 0 Å². The second-order valence-electron chi connectivity index (χ2n) is 13.8. The summed E-state index contributed by atoms with van der Waals surface area (Å²) in [6.45, 7) is 0. The van der Waals surface area contributed by atoms with Crippen LogP contribution in [0, 0.1) is 0 Å². The zero-order valence-corrected chi connectivity index (χ0v) is 29.2. The first kappa shape index (κ1) is 30.8. The minimum absolute atomic E-state index is 1.10. The van der Waals surface area contributed by atoms with Gasteiger partial charge in [0, 0.05) is 16.9 Å². The van der Waals surface area contributed by atoms with E-state index in [1.807, 2.05) is 0 Å². The zero-order valence-electron chi connectivity index (χ0n) is 29.2. The molecule has 0 fully saturated rings. The van der Waals surface area contributed by atoms with Gasteiger partial charge in [-0.1, -0.05) is 170 Å². The van der Waals surface area contributed by atoms with Crippen molar-refractivity contribution >= 4 is 60.2 Å². The fourth-order valence-corrected chi connectivity index (χ4v) is 7.93. The van der Waals surface area contributed by atoms with E-state index in [1.165, 1.54) is 76.5 Å². The summed E-state index contributed by atoms with van der Waals surface area (Å²) in [6, 6.07) is 77.3. The first-order valence-electron chi connectivity index (χ1n) is 18.3. The zero-order chi connectivity index (χ0) is 35.1. The van der Waals surface area contributed by atoms with Crippen molar-refractivity contribution in [1.82, 2.24) is 0 Å². The molecular weight excluding hydrogens is 639 g/mol. The maximum absolute atomic E-state index is 2.39. The van der Waals surface area contributed by atoms with Gasteiger partial charge in [0.1, 0.15) is 0 Å². The van der Waals surface area contributed by atoms with Crippen LogP contribution in [0.1, 0.15) is 0 Å². The first-order valence-corrected chi connectivity index (χ1v) is 18.3. The van der Waals surface area contributed by atoms with E-state index in [-0.39, 0.29) is 0 Å². The molecule has 0 saturated heterocycles. The Hall–Kier alpha value is -6.96. The van der Waals surface area contributed by atoms with Crippen LogP contribution >= 0.6 is 0 Å². The van der Waals surface area contributed by atoms with Crippen molar-refractivity contribution in [3.05, 3.63) is 212 Å². The van der Waals surface area contributed by atoms with Crippen molar-refractivity contribution < 1.29 is 0 Å². The Morgan fingerprint density at radius 2 is 0.736 bits per heavy atom. The Labute approximate surface area is 309 Å². The Morgan fingerprint density at radius 1 is 0.245 bits per heavy atom. The molecule has 0 spiro atoms. The summed E-state index contributed by atoms with van der Waals surface area (Å²) in [7, 11) is 0. The standard InChI is InChI=1S/C52H35N/c1-2-10-36(11-3-1)38-22-28-45(29-23-38)53(52-17-9-8-16-48(52)44-21-18-37-12-4-5-14-42(37)34-44)46-30-24-39(25-31-46)43-20-19-41-27-32-49-47-15-7-6-13-40(47)26-33-50(49)51(41)35-43/h1-35H. The Bertz CT molecular complexity index is 2920. The third kappa shape index (κ3) is 5.60. The van der Waals surface area contributed by atoms with E-state index in [2.05, 4.69) is 217 Å². The van der Waals surface area contributed by atoms with Crippen molar-refractivity contribution in [2.45, 2.75) is 0 Å². The molecule has 248 valence electrons. The molecule has 10 aromatic carbocycles. The van der Waals surface area contributed by atoms with E-state index >= 15 is 0 Å². The molecule has 0 atom stereocenters. The van der Waals surface area contributed by atoms with E-state index in [1.54, 1.807) is 0 Å². The summed E-state index contributed by atoms with van der Waals surface area (Å²) < 4.78 is 0.